The van der Waals surface area contributed by atoms with Gasteiger partial charge in [-0.15, -0.1) is 0 Å². The normalized spacial score (nSPS) is 11.9. The van der Waals surface area contributed by atoms with Crippen LogP contribution < -0.4 is 0 Å². The molecule has 0 saturated carbocycles. The highest BCUT2D eigenvalue weighted by molar-refractivity contribution is 7.85. The van der Waals surface area contributed by atoms with Crippen LogP contribution in [0, 0.1) is 13.8 Å². The van der Waals surface area contributed by atoms with Crippen molar-refractivity contribution >= 4 is 20.9 Å². The fourth-order valence-corrected chi connectivity index (χ4v) is 2.68. The quantitative estimate of drug-likeness (QED) is 0.774. The van der Waals surface area contributed by atoms with Crippen LogP contribution in [0.1, 0.15) is 11.1 Å². The summed E-state index contributed by atoms with van der Waals surface area (Å²) in [5.74, 6) is 0. The van der Waals surface area contributed by atoms with Crippen LogP contribution in [-0.4, -0.2) is 13.0 Å². The lowest BCUT2D eigenvalue weighted by Crippen LogP contribution is -2.02. The largest absolute Gasteiger partial charge is 0.294 e. The number of hydrogen-bond donors (Lipinski definition) is 1. The van der Waals surface area contributed by atoms with Crippen molar-refractivity contribution in [3.8, 4) is 0 Å². The molecule has 2 aromatic carbocycles. The van der Waals surface area contributed by atoms with Crippen molar-refractivity contribution in [3.05, 3.63) is 41.5 Å². The maximum atomic E-state index is 11.2. The minimum atomic E-state index is -4.15. The van der Waals surface area contributed by atoms with Gasteiger partial charge in [-0.3, -0.25) is 4.55 Å². The predicted octanol–water partition coefficient (Wildman–Crippen LogP) is 2.70. The smallest absolute Gasteiger partial charge is 0.282 e. The van der Waals surface area contributed by atoms with Crippen LogP contribution in [0.4, 0.5) is 0 Å². The Bertz CT molecular complexity index is 657. The van der Waals surface area contributed by atoms with E-state index in [1.165, 1.54) is 6.07 Å². The van der Waals surface area contributed by atoms with Gasteiger partial charge in [-0.05, 0) is 41.8 Å². The first-order chi connectivity index (χ1) is 7.41. The number of benzene rings is 2. The van der Waals surface area contributed by atoms with Crippen molar-refractivity contribution in [3.63, 3.8) is 0 Å². The third kappa shape index (κ3) is 1.70. The molecule has 3 nitrogen and oxygen atoms in total. The summed E-state index contributed by atoms with van der Waals surface area (Å²) in [7, 11) is -4.15. The van der Waals surface area contributed by atoms with Crippen molar-refractivity contribution in [2.24, 2.45) is 0 Å². The van der Waals surface area contributed by atoms with Gasteiger partial charge in [0.2, 0.25) is 0 Å². The summed E-state index contributed by atoms with van der Waals surface area (Å²) in [5, 5.41) is 1.82. The molecule has 0 aliphatic carbocycles. The summed E-state index contributed by atoms with van der Waals surface area (Å²) in [5.41, 5.74) is 1.48. The van der Waals surface area contributed by atoms with E-state index in [2.05, 4.69) is 0 Å². The van der Waals surface area contributed by atoms with Gasteiger partial charge in [-0.1, -0.05) is 24.3 Å². The van der Waals surface area contributed by atoms with Crippen molar-refractivity contribution in [2.75, 3.05) is 0 Å². The van der Waals surface area contributed by atoms with Crippen molar-refractivity contribution < 1.29 is 13.0 Å². The van der Waals surface area contributed by atoms with Crippen molar-refractivity contribution in [2.45, 2.75) is 18.7 Å². The van der Waals surface area contributed by atoms with E-state index in [9.17, 15) is 8.42 Å². The molecule has 0 bridgehead atoms. The first-order valence-electron chi connectivity index (χ1n) is 4.87. The van der Waals surface area contributed by atoms with Gasteiger partial charge in [0.05, 0.1) is 4.90 Å². The Morgan fingerprint density at radius 3 is 2.31 bits per heavy atom. The first-order valence-corrected chi connectivity index (χ1v) is 6.31. The molecule has 84 valence electrons. The third-order valence-corrected chi connectivity index (χ3v) is 3.84. The zero-order valence-corrected chi connectivity index (χ0v) is 9.88. The van der Waals surface area contributed by atoms with E-state index in [0.29, 0.717) is 5.56 Å². The van der Waals surface area contributed by atoms with Gasteiger partial charge in [0.15, 0.2) is 0 Å². The van der Waals surface area contributed by atoms with E-state index >= 15 is 0 Å². The van der Waals surface area contributed by atoms with Crippen LogP contribution in [-0.2, 0) is 10.1 Å². The molecule has 0 radical (unpaired) electrons. The topological polar surface area (TPSA) is 54.4 Å². The maximum absolute atomic E-state index is 11.2. The average molecular weight is 236 g/mol. The van der Waals surface area contributed by atoms with Crippen LogP contribution in [0.15, 0.2) is 35.2 Å². The Hall–Kier alpha value is -1.39. The highest BCUT2D eigenvalue weighted by Crippen LogP contribution is 2.27. The molecule has 0 saturated heterocycles. The van der Waals surface area contributed by atoms with Crippen LogP contribution in [0.3, 0.4) is 0 Å². The molecule has 0 spiro atoms. The lowest BCUT2D eigenvalue weighted by atomic mass is 10.0. The molecule has 2 aromatic rings. The summed E-state index contributed by atoms with van der Waals surface area (Å²) < 4.78 is 31.5. The molecule has 0 aromatic heterocycles. The molecular weight excluding hydrogens is 224 g/mol. The van der Waals surface area contributed by atoms with Crippen LogP contribution >= 0.6 is 0 Å². The van der Waals surface area contributed by atoms with E-state index in [0.717, 1.165) is 16.3 Å². The number of rotatable bonds is 1. The highest BCUT2D eigenvalue weighted by Gasteiger charge is 2.16. The SMILES string of the molecule is Cc1c(S(=O)(=O)O)cc2ccccc2c1C. The molecule has 0 amide bonds. The predicted molar refractivity (Wildman–Crippen MR) is 63.2 cm³/mol. The van der Waals surface area contributed by atoms with E-state index < -0.39 is 10.1 Å². The molecule has 0 atom stereocenters. The third-order valence-electron chi connectivity index (χ3n) is 2.86. The number of aryl methyl sites for hydroxylation is 1. The second kappa shape index (κ2) is 3.57. The summed E-state index contributed by atoms with van der Waals surface area (Å²) >= 11 is 0. The Labute approximate surface area is 94.5 Å². The summed E-state index contributed by atoms with van der Waals surface area (Å²) in [6.45, 7) is 3.55. The van der Waals surface area contributed by atoms with E-state index in [-0.39, 0.29) is 4.90 Å². The second-order valence-corrected chi connectivity index (χ2v) is 5.21. The molecule has 2 rings (SSSR count). The van der Waals surface area contributed by atoms with Gasteiger partial charge in [-0.25, -0.2) is 0 Å². The molecule has 4 heteroatoms. The number of fused-ring (bicyclic) bond motifs is 1. The zero-order valence-electron chi connectivity index (χ0n) is 9.06. The molecule has 0 aliphatic heterocycles. The minimum Gasteiger partial charge on any atom is -0.282 e. The van der Waals surface area contributed by atoms with Crippen LogP contribution in [0.25, 0.3) is 10.8 Å². The summed E-state index contributed by atoms with van der Waals surface area (Å²) in [4.78, 5) is -0.0105. The Kier molecular flexibility index (Phi) is 2.48. The molecule has 16 heavy (non-hydrogen) atoms. The van der Waals surface area contributed by atoms with Gasteiger partial charge >= 0.3 is 0 Å². The van der Waals surface area contributed by atoms with Gasteiger partial charge in [-0.2, -0.15) is 8.42 Å². The fourth-order valence-electron chi connectivity index (χ4n) is 1.87. The molecule has 0 heterocycles. The fraction of sp³-hybridized carbons (Fsp3) is 0.167. The van der Waals surface area contributed by atoms with Crippen molar-refractivity contribution in [1.29, 1.82) is 0 Å². The van der Waals surface area contributed by atoms with Gasteiger partial charge in [0, 0.05) is 0 Å². The lowest BCUT2D eigenvalue weighted by Gasteiger charge is -2.10. The average Bonchev–Trinajstić information content (AvgIpc) is 2.22. The van der Waals surface area contributed by atoms with E-state index in [4.69, 9.17) is 4.55 Å². The summed E-state index contributed by atoms with van der Waals surface area (Å²) in [6.07, 6.45) is 0. The van der Waals surface area contributed by atoms with Gasteiger partial charge in [0.25, 0.3) is 10.1 Å². The molecule has 0 fully saturated rings. The Morgan fingerprint density at radius 2 is 1.69 bits per heavy atom. The monoisotopic (exact) mass is 236 g/mol. The number of hydrogen-bond acceptors (Lipinski definition) is 2. The highest BCUT2D eigenvalue weighted by atomic mass is 32.2. The standard InChI is InChI=1S/C12H12O3S/c1-8-9(2)12(16(13,14)15)7-10-5-3-4-6-11(8)10/h3-7H,1-2H3,(H,13,14,15). The van der Waals surface area contributed by atoms with Gasteiger partial charge < -0.3 is 0 Å². The molecule has 0 unspecified atom stereocenters. The van der Waals surface area contributed by atoms with Crippen molar-refractivity contribution in [1.82, 2.24) is 0 Å². The second-order valence-electron chi connectivity index (χ2n) is 3.82. The van der Waals surface area contributed by atoms with E-state index in [1.54, 1.807) is 6.92 Å². The van der Waals surface area contributed by atoms with Crippen LogP contribution in [0.2, 0.25) is 0 Å². The van der Waals surface area contributed by atoms with E-state index in [1.807, 2.05) is 31.2 Å². The lowest BCUT2D eigenvalue weighted by molar-refractivity contribution is 0.482. The van der Waals surface area contributed by atoms with Crippen LogP contribution in [0.5, 0.6) is 0 Å². The zero-order chi connectivity index (χ0) is 11.9. The Balaban J connectivity index is 2.95. The maximum Gasteiger partial charge on any atom is 0.294 e. The molecule has 0 aliphatic rings. The first kappa shape index (κ1) is 11.1. The molecule has 1 N–H and O–H groups in total. The summed E-state index contributed by atoms with van der Waals surface area (Å²) in [6, 6.07) is 9.02. The minimum absolute atomic E-state index is 0.0105. The Morgan fingerprint density at radius 1 is 1.06 bits per heavy atom. The molecular formula is C12H12O3S. The van der Waals surface area contributed by atoms with Gasteiger partial charge in [0.1, 0.15) is 0 Å².